The normalized spacial score (nSPS) is 16.8. The number of guanidine groups is 1. The number of hydrogen-bond acceptors (Lipinski definition) is 4. The monoisotopic (exact) mass is 410 g/mol. The molecule has 1 atom stereocenters. The zero-order chi connectivity index (χ0) is 21.3. The number of benzene rings is 2. The van der Waals surface area contributed by atoms with E-state index in [-0.39, 0.29) is 5.75 Å². The van der Waals surface area contributed by atoms with E-state index in [9.17, 15) is 5.11 Å². The molecule has 1 fully saturated rings. The van der Waals surface area contributed by atoms with Gasteiger partial charge in [-0.15, -0.1) is 0 Å². The minimum Gasteiger partial charge on any atom is -0.508 e. The number of piperidine rings is 1. The summed E-state index contributed by atoms with van der Waals surface area (Å²) < 4.78 is 5.13. The van der Waals surface area contributed by atoms with Crippen molar-refractivity contribution < 1.29 is 9.84 Å². The summed E-state index contributed by atoms with van der Waals surface area (Å²) in [5.74, 6) is 1.74. The maximum Gasteiger partial charge on any atom is 0.191 e. The lowest BCUT2D eigenvalue weighted by molar-refractivity contribution is 0.158. The number of nitrogens with zero attached hydrogens (tertiary/aromatic N) is 2. The van der Waals surface area contributed by atoms with Gasteiger partial charge in [-0.25, -0.2) is 0 Å². The van der Waals surface area contributed by atoms with E-state index in [1.807, 2.05) is 12.1 Å². The van der Waals surface area contributed by atoms with Crippen molar-refractivity contribution in [1.29, 1.82) is 0 Å². The molecule has 2 aromatic carbocycles. The fourth-order valence-corrected chi connectivity index (χ4v) is 3.96. The summed E-state index contributed by atoms with van der Waals surface area (Å²) in [5, 5.41) is 17.0. The van der Waals surface area contributed by atoms with Crippen LogP contribution in [0, 0.1) is 0 Å². The summed E-state index contributed by atoms with van der Waals surface area (Å²) in [7, 11) is 3.39. The van der Waals surface area contributed by atoms with Crippen LogP contribution in [-0.4, -0.2) is 55.8 Å². The van der Waals surface area contributed by atoms with Gasteiger partial charge in [0.15, 0.2) is 5.96 Å². The van der Waals surface area contributed by atoms with Gasteiger partial charge >= 0.3 is 0 Å². The average Bonchev–Trinajstić information content (AvgIpc) is 2.79. The molecule has 1 saturated heterocycles. The molecule has 1 heterocycles. The van der Waals surface area contributed by atoms with E-state index in [0.29, 0.717) is 30.8 Å². The summed E-state index contributed by atoms with van der Waals surface area (Å²) in [4.78, 5) is 6.91. The number of phenols is 1. The summed E-state index contributed by atoms with van der Waals surface area (Å²) in [6.07, 6.45) is 2.90. The summed E-state index contributed by atoms with van der Waals surface area (Å²) in [6, 6.07) is 17.0. The Bertz CT molecular complexity index is 817. The zero-order valence-corrected chi connectivity index (χ0v) is 18.3. The van der Waals surface area contributed by atoms with Crippen LogP contribution in [0.4, 0.5) is 0 Å². The molecule has 3 rings (SSSR count). The molecule has 0 aliphatic carbocycles. The predicted molar refractivity (Wildman–Crippen MR) is 122 cm³/mol. The molecule has 1 aliphatic rings. The van der Waals surface area contributed by atoms with Crippen molar-refractivity contribution in [2.24, 2.45) is 4.99 Å². The Morgan fingerprint density at radius 2 is 1.93 bits per heavy atom. The minimum atomic E-state index is 0.263. The van der Waals surface area contributed by atoms with Crippen LogP contribution < -0.4 is 15.4 Å². The molecular formula is C24H34N4O2. The Morgan fingerprint density at radius 1 is 1.20 bits per heavy atom. The number of methoxy groups -OCH3 is 1. The number of aliphatic imine (C=N–C) groups is 1. The molecule has 0 saturated carbocycles. The third-order valence-electron chi connectivity index (χ3n) is 5.90. The zero-order valence-electron chi connectivity index (χ0n) is 18.3. The Balaban J connectivity index is 1.42. The smallest absolute Gasteiger partial charge is 0.191 e. The Labute approximate surface area is 180 Å². The van der Waals surface area contributed by atoms with Gasteiger partial charge in [0.2, 0.25) is 0 Å². The fourth-order valence-electron chi connectivity index (χ4n) is 3.96. The highest BCUT2D eigenvalue weighted by atomic mass is 16.5. The maximum absolute atomic E-state index is 10.1. The van der Waals surface area contributed by atoms with E-state index in [2.05, 4.69) is 57.8 Å². The van der Waals surface area contributed by atoms with Crippen LogP contribution in [0.5, 0.6) is 11.5 Å². The van der Waals surface area contributed by atoms with E-state index in [4.69, 9.17) is 4.74 Å². The fraction of sp³-hybridized carbons (Fsp3) is 0.458. The first kappa shape index (κ1) is 22.0. The second-order valence-corrected chi connectivity index (χ2v) is 7.78. The molecule has 2 aromatic rings. The Kier molecular flexibility index (Phi) is 7.97. The third-order valence-corrected chi connectivity index (χ3v) is 5.90. The largest absolute Gasteiger partial charge is 0.508 e. The van der Waals surface area contributed by atoms with Crippen LogP contribution in [0.25, 0.3) is 0 Å². The molecule has 0 radical (unpaired) electrons. The van der Waals surface area contributed by atoms with Crippen LogP contribution in [0.3, 0.4) is 0 Å². The topological polar surface area (TPSA) is 69.1 Å². The van der Waals surface area contributed by atoms with Crippen LogP contribution in [0.2, 0.25) is 0 Å². The molecule has 1 aliphatic heterocycles. The second-order valence-electron chi connectivity index (χ2n) is 7.78. The van der Waals surface area contributed by atoms with E-state index < -0.39 is 0 Å². The minimum absolute atomic E-state index is 0.263. The molecule has 162 valence electrons. The van der Waals surface area contributed by atoms with Crippen LogP contribution in [0.15, 0.2) is 53.5 Å². The lowest BCUT2D eigenvalue weighted by Crippen LogP contribution is -2.49. The first-order valence-electron chi connectivity index (χ1n) is 10.7. The SMILES string of the molecule is CN=C(NCCc1ccc(OC)cc1O)NC1CCN(C(C)c2ccccc2)CC1. The molecule has 0 bridgehead atoms. The lowest BCUT2D eigenvalue weighted by atomic mass is 10.0. The number of hydrogen-bond donors (Lipinski definition) is 3. The number of rotatable bonds is 7. The van der Waals surface area contributed by atoms with Crippen molar-refractivity contribution in [2.45, 2.75) is 38.3 Å². The third kappa shape index (κ3) is 5.89. The maximum atomic E-state index is 10.1. The molecular weight excluding hydrogens is 376 g/mol. The molecule has 0 aromatic heterocycles. The van der Waals surface area contributed by atoms with Crippen molar-refractivity contribution in [3.05, 3.63) is 59.7 Å². The van der Waals surface area contributed by atoms with Gasteiger partial charge in [0, 0.05) is 44.8 Å². The molecule has 1 unspecified atom stereocenters. The van der Waals surface area contributed by atoms with Gasteiger partial charge in [0.05, 0.1) is 7.11 Å². The van der Waals surface area contributed by atoms with Crippen LogP contribution in [0.1, 0.15) is 36.9 Å². The van der Waals surface area contributed by atoms with E-state index in [0.717, 1.165) is 37.5 Å². The molecule has 3 N–H and O–H groups in total. The van der Waals surface area contributed by atoms with Crippen molar-refractivity contribution in [2.75, 3.05) is 33.8 Å². The van der Waals surface area contributed by atoms with Crippen LogP contribution >= 0.6 is 0 Å². The molecule has 6 heteroatoms. The van der Waals surface area contributed by atoms with E-state index in [1.54, 1.807) is 20.2 Å². The number of aromatic hydroxyl groups is 1. The Morgan fingerprint density at radius 3 is 2.57 bits per heavy atom. The second kappa shape index (κ2) is 10.9. The van der Waals surface area contributed by atoms with Crippen molar-refractivity contribution in [3.63, 3.8) is 0 Å². The Hall–Kier alpha value is -2.73. The van der Waals surface area contributed by atoms with Gasteiger partial charge in [-0.3, -0.25) is 9.89 Å². The summed E-state index contributed by atoms with van der Waals surface area (Å²) >= 11 is 0. The summed E-state index contributed by atoms with van der Waals surface area (Å²) in [6.45, 7) is 5.14. The van der Waals surface area contributed by atoms with Crippen molar-refractivity contribution in [3.8, 4) is 11.5 Å². The number of nitrogens with one attached hydrogen (secondary N) is 2. The lowest BCUT2D eigenvalue weighted by Gasteiger charge is -2.37. The number of phenolic OH excluding ortho intramolecular Hbond substituents is 1. The van der Waals surface area contributed by atoms with Gasteiger partial charge in [-0.2, -0.15) is 0 Å². The average molecular weight is 411 g/mol. The van der Waals surface area contributed by atoms with Gasteiger partial charge < -0.3 is 20.5 Å². The van der Waals surface area contributed by atoms with Crippen LogP contribution in [-0.2, 0) is 6.42 Å². The molecule has 0 amide bonds. The predicted octanol–water partition coefficient (Wildman–Crippen LogP) is 3.33. The van der Waals surface area contributed by atoms with E-state index in [1.165, 1.54) is 5.56 Å². The standard InChI is InChI=1S/C24H34N4O2/c1-18(19-7-5-4-6-8-19)28-15-12-21(13-16-28)27-24(25-2)26-14-11-20-9-10-22(30-3)17-23(20)29/h4-10,17-18,21,29H,11-16H2,1-3H3,(H2,25,26,27). The highest BCUT2D eigenvalue weighted by Gasteiger charge is 2.24. The van der Waals surface area contributed by atoms with E-state index >= 15 is 0 Å². The highest BCUT2D eigenvalue weighted by molar-refractivity contribution is 5.80. The number of likely N-dealkylation sites (tertiary alicyclic amines) is 1. The summed E-state index contributed by atoms with van der Waals surface area (Å²) in [5.41, 5.74) is 2.27. The highest BCUT2D eigenvalue weighted by Crippen LogP contribution is 2.24. The van der Waals surface area contributed by atoms with Gasteiger partial charge in [0.1, 0.15) is 11.5 Å². The molecule has 6 nitrogen and oxygen atoms in total. The van der Waals surface area contributed by atoms with Gasteiger partial charge in [-0.05, 0) is 43.4 Å². The number of ether oxygens (including phenoxy) is 1. The van der Waals surface area contributed by atoms with Crippen molar-refractivity contribution >= 4 is 5.96 Å². The first-order chi connectivity index (χ1) is 14.6. The van der Waals surface area contributed by atoms with Crippen molar-refractivity contribution in [1.82, 2.24) is 15.5 Å². The molecule has 0 spiro atoms. The molecule has 30 heavy (non-hydrogen) atoms. The van der Waals surface area contributed by atoms with Gasteiger partial charge in [0.25, 0.3) is 0 Å². The first-order valence-corrected chi connectivity index (χ1v) is 10.7. The van der Waals surface area contributed by atoms with Gasteiger partial charge in [-0.1, -0.05) is 36.4 Å². The quantitative estimate of drug-likeness (QED) is 0.483.